The Balaban J connectivity index is 1.36. The number of rotatable bonds is 0. The Labute approximate surface area is 324 Å². The van der Waals surface area contributed by atoms with Gasteiger partial charge in [0, 0.05) is 316 Å². The Kier molecular flexibility index (Phi) is 1.53. The van der Waals surface area contributed by atoms with Gasteiger partial charge in [0.15, 0.2) is 0 Å². The van der Waals surface area contributed by atoms with Gasteiger partial charge in [-0.2, -0.15) is 0 Å². The third kappa shape index (κ3) is 1.01. The van der Waals surface area contributed by atoms with E-state index >= 15 is 0 Å². The zero-order chi connectivity index (χ0) is 34.6. The second-order valence-electron chi connectivity index (χ2n) is 22.3. The highest BCUT2D eigenvalue weighted by atomic mass is 32.2. The summed E-state index contributed by atoms with van der Waals surface area (Å²) in [6.45, 7) is 0. The van der Waals surface area contributed by atoms with Gasteiger partial charge in [-0.05, 0) is 0 Å². The SMILES string of the molecule is c12c3c4c5c6c7c8c9c(c%10c1c1c%11c3c3c4c4c%12c5c7c5c7c8c8c9c9c%10c%10c1c1c%11c%11c3c3c4c4c%12c5c5c7c7c8c8c9c%10c9c1c1c%11c3c3c4c5c4c7c8c9c1c34)=S26. The van der Waals surface area contributed by atoms with Crippen LogP contribution >= 0.6 is 10.5 Å². The summed E-state index contributed by atoms with van der Waals surface area (Å²) in [5, 5.41) is 94.3. The molecule has 3 heterocycles. The van der Waals surface area contributed by atoms with Gasteiger partial charge in [-0.1, -0.05) is 0 Å². The zero-order valence-corrected chi connectivity index (χ0v) is 30.7. The van der Waals surface area contributed by atoms with E-state index < -0.39 is 0 Å². The Hall–Kier alpha value is -7.32. The van der Waals surface area contributed by atoms with Crippen molar-refractivity contribution < 1.29 is 0 Å². The summed E-state index contributed by atoms with van der Waals surface area (Å²) in [6, 6.07) is 0. The molecule has 0 N–H and O–H groups in total. The Morgan fingerprint density at radius 1 is 0.100 bits per heavy atom. The summed E-state index contributed by atoms with van der Waals surface area (Å²) in [7, 11) is -0.0980. The standard InChI is InChI=1S/C59S/c1-2-5-6-3(1)10-12-8-4(1)7-11-9(2)15-19-17(5)25-26-18(6)20-16(10)24-22(12)30-28-14(8)13(7)27-29-21(11)23(15)37-39-31(19)33(25)47-48-34(26)32(20)40-38(24)44-42(30)46-36(28)35(27)45-41(29)43(37)51-49(39)53(47)57-54(48)50(40)52(44)59-56(46)55(45)58(51)60(57)59. The third-order valence-electron chi connectivity index (χ3n) is 22.2. The minimum Gasteiger partial charge on any atom is -0.112 e. The number of hydrogen-bond acceptors (Lipinski definition) is 0. The van der Waals surface area contributed by atoms with Crippen molar-refractivity contribution in [3.63, 3.8) is 0 Å². The lowest BCUT2D eigenvalue weighted by atomic mass is 9.87. The molecule has 1 heteroatoms. The maximum Gasteiger partial charge on any atom is 0.0240 e. The minimum atomic E-state index is -0.0980. The molecular formula is C59S. The van der Waals surface area contributed by atoms with E-state index in [1.165, 1.54) is 0 Å². The maximum atomic E-state index is 1.78. The van der Waals surface area contributed by atoms with E-state index in [9.17, 15) is 0 Å². The van der Waals surface area contributed by atoms with E-state index in [4.69, 9.17) is 0 Å². The number of hydrogen-bond donors (Lipinski definition) is 0. The fourth-order valence-corrected chi connectivity index (χ4v) is 25.2. The molecule has 3 aliphatic rings. The van der Waals surface area contributed by atoms with E-state index in [0.29, 0.717) is 0 Å². The van der Waals surface area contributed by atoms with Gasteiger partial charge in [0.1, 0.15) is 0 Å². The van der Waals surface area contributed by atoms with Gasteiger partial charge in [0.2, 0.25) is 0 Å². The van der Waals surface area contributed by atoms with Gasteiger partial charge in [0.25, 0.3) is 0 Å². The fourth-order valence-electron chi connectivity index (χ4n) is 22.2. The molecule has 60 heavy (non-hydrogen) atoms. The summed E-state index contributed by atoms with van der Waals surface area (Å²) in [5.41, 5.74) is 0. The smallest absolute Gasteiger partial charge is 0.0240 e. The topological polar surface area (TPSA) is 0 Å². The van der Waals surface area contributed by atoms with E-state index in [1.54, 1.807) is 316 Å². The van der Waals surface area contributed by atoms with Crippen LogP contribution in [0.1, 0.15) is 0 Å². The predicted molar refractivity (Wildman–Crippen MR) is 260 cm³/mol. The fraction of sp³-hybridized carbons (Fsp3) is 0. The van der Waals surface area contributed by atoms with Gasteiger partial charge in [0.05, 0.1) is 0 Å². The van der Waals surface area contributed by atoms with Crippen LogP contribution in [0.4, 0.5) is 0 Å². The van der Waals surface area contributed by atoms with E-state index in [1.807, 2.05) is 0 Å². The van der Waals surface area contributed by atoms with E-state index in [-0.39, 0.29) is 10.5 Å². The van der Waals surface area contributed by atoms with Crippen molar-refractivity contribution >= 4 is 312 Å². The van der Waals surface area contributed by atoms with Crippen molar-refractivity contribution in [1.82, 2.24) is 0 Å². The Bertz CT molecular complexity index is 7020. The monoisotopic (exact) mass is 740 g/mol. The lowest BCUT2D eigenvalue weighted by molar-refractivity contribution is 1.65. The summed E-state index contributed by atoms with van der Waals surface area (Å²) < 4.78 is 1.78. The average Bonchev–Trinajstić information content (AvgIpc) is 4.09. The molecule has 0 aliphatic carbocycles. The molecule has 29 aromatic carbocycles. The first kappa shape index (κ1) is 20.6. The molecule has 0 bridgehead atoms. The Morgan fingerprint density at radius 2 is 0.200 bits per heavy atom. The molecule has 0 fully saturated rings. The second-order valence-corrected chi connectivity index (χ2v) is 24.1. The van der Waals surface area contributed by atoms with Crippen LogP contribution in [0, 0.1) is 4.51 Å². The van der Waals surface area contributed by atoms with Crippen LogP contribution in [0.2, 0.25) is 0 Å². The van der Waals surface area contributed by atoms with Crippen molar-refractivity contribution in [3.8, 4) is 0 Å². The van der Waals surface area contributed by atoms with E-state index in [0.717, 1.165) is 0 Å². The molecule has 1 atom stereocenters. The van der Waals surface area contributed by atoms with Crippen LogP contribution in [-0.4, -0.2) is 0 Å². The molecule has 0 aromatic heterocycles. The van der Waals surface area contributed by atoms with Crippen molar-refractivity contribution in [2.75, 3.05) is 0 Å². The quantitative estimate of drug-likeness (QED) is 0.107. The zero-order valence-electron chi connectivity index (χ0n) is 29.9. The van der Waals surface area contributed by atoms with Gasteiger partial charge in [-0.15, -0.1) is 10.5 Å². The second kappa shape index (κ2) is 4.45. The largest absolute Gasteiger partial charge is 0.112 e. The molecule has 0 amide bonds. The highest BCUT2D eigenvalue weighted by molar-refractivity contribution is 8.11. The van der Waals surface area contributed by atoms with Crippen molar-refractivity contribution in [2.45, 2.75) is 9.79 Å². The molecule has 0 spiro atoms. The summed E-state index contributed by atoms with van der Waals surface area (Å²) in [6.07, 6.45) is 0. The van der Waals surface area contributed by atoms with Gasteiger partial charge in [-0.25, -0.2) is 0 Å². The summed E-state index contributed by atoms with van der Waals surface area (Å²) in [4.78, 5) is 3.56. The maximum absolute atomic E-state index is 1.78. The highest BCUT2D eigenvalue weighted by Gasteiger charge is 2.52. The molecule has 1 unspecified atom stereocenters. The summed E-state index contributed by atoms with van der Waals surface area (Å²) >= 11 is 0. The first-order chi connectivity index (χ1) is 30.0. The average molecular weight is 741 g/mol. The Morgan fingerprint density at radius 3 is 0.400 bits per heavy atom. The molecule has 0 saturated carbocycles. The van der Waals surface area contributed by atoms with E-state index in [2.05, 4.69) is 0 Å². The van der Waals surface area contributed by atoms with Crippen LogP contribution < -0.4 is 0 Å². The van der Waals surface area contributed by atoms with Crippen LogP contribution in [0.25, 0.3) is 302 Å². The molecule has 0 nitrogen and oxygen atoms in total. The lowest BCUT2D eigenvalue weighted by Crippen LogP contribution is -1.89. The molecule has 3 aliphatic heterocycles. The highest BCUT2D eigenvalue weighted by Crippen LogP contribution is 2.82. The molecule has 0 radical (unpaired) electrons. The first-order valence-electron chi connectivity index (χ1n) is 22.4. The normalized spacial score (nSPS) is 19.5. The number of benzene rings is 18. The molecule has 29 aromatic rings. The lowest BCUT2D eigenvalue weighted by Gasteiger charge is -2.20. The van der Waals surface area contributed by atoms with Gasteiger partial charge >= 0.3 is 0 Å². The molecule has 32 rings (SSSR count). The third-order valence-corrected chi connectivity index (χ3v) is 24.7. The predicted octanol–water partition coefficient (Wildman–Crippen LogP) is 17.7. The molecule has 0 saturated heterocycles. The van der Waals surface area contributed by atoms with Crippen molar-refractivity contribution in [2.24, 2.45) is 0 Å². The van der Waals surface area contributed by atoms with Crippen LogP contribution in [0.3, 0.4) is 0 Å². The van der Waals surface area contributed by atoms with Crippen molar-refractivity contribution in [3.05, 3.63) is 4.51 Å². The summed E-state index contributed by atoms with van der Waals surface area (Å²) in [5.74, 6) is 0. The first-order valence-corrected chi connectivity index (χ1v) is 23.6. The van der Waals surface area contributed by atoms with Gasteiger partial charge < -0.3 is 0 Å². The minimum absolute atomic E-state index is 0.0980. The van der Waals surface area contributed by atoms with Crippen LogP contribution in [0.5, 0.6) is 0 Å². The molecular weight excluding hydrogens is 741 g/mol. The van der Waals surface area contributed by atoms with Gasteiger partial charge in [-0.3, -0.25) is 0 Å². The van der Waals surface area contributed by atoms with Crippen LogP contribution in [-0.2, 0) is 0 Å². The molecule has 242 valence electrons. The van der Waals surface area contributed by atoms with Crippen LogP contribution in [0.15, 0.2) is 9.79 Å². The van der Waals surface area contributed by atoms with Crippen molar-refractivity contribution in [1.29, 1.82) is 0 Å².